The van der Waals surface area contributed by atoms with Crippen LogP contribution in [0.2, 0.25) is 0 Å². The van der Waals surface area contributed by atoms with E-state index in [1.54, 1.807) is 0 Å². The van der Waals surface area contributed by atoms with Gasteiger partial charge in [0, 0.05) is 13.2 Å². The minimum absolute atomic E-state index is 0.0463. The maximum absolute atomic E-state index is 9.44. The molecule has 2 saturated heterocycles. The Kier molecular flexibility index (Phi) is 13.0. The van der Waals surface area contributed by atoms with Gasteiger partial charge in [-0.3, -0.25) is 0 Å². The molecule has 0 aromatic rings. The molecule has 6 heteroatoms. The van der Waals surface area contributed by atoms with Crippen molar-refractivity contribution in [1.82, 2.24) is 0 Å². The summed E-state index contributed by atoms with van der Waals surface area (Å²) < 4.78 is 8.98. The van der Waals surface area contributed by atoms with Gasteiger partial charge >= 0.3 is 0 Å². The van der Waals surface area contributed by atoms with Crippen LogP contribution in [0.15, 0.2) is 0 Å². The molecule has 2 rings (SSSR count). The SMILES string of the molecule is O=CC1CO1.O=CC1CO1.OCCCCCCCO. The highest BCUT2D eigenvalue weighted by molar-refractivity contribution is 5.59. The van der Waals surface area contributed by atoms with E-state index in [4.69, 9.17) is 10.2 Å². The van der Waals surface area contributed by atoms with Gasteiger partial charge in [0.15, 0.2) is 12.6 Å². The van der Waals surface area contributed by atoms with Gasteiger partial charge in [-0.2, -0.15) is 0 Å². The van der Waals surface area contributed by atoms with Crippen molar-refractivity contribution in [1.29, 1.82) is 0 Å². The number of carbonyl (C=O) groups excluding carboxylic acids is 2. The molecule has 112 valence electrons. The number of carbonyl (C=O) groups is 2. The molecule has 2 aliphatic rings. The number of unbranched alkanes of at least 4 members (excludes halogenated alkanes) is 4. The quantitative estimate of drug-likeness (QED) is 0.370. The molecule has 0 spiro atoms. The Morgan fingerprint density at radius 3 is 1.26 bits per heavy atom. The van der Waals surface area contributed by atoms with E-state index < -0.39 is 0 Å². The van der Waals surface area contributed by atoms with E-state index >= 15 is 0 Å². The van der Waals surface area contributed by atoms with Gasteiger partial charge in [-0.15, -0.1) is 0 Å². The highest BCUT2D eigenvalue weighted by atomic mass is 16.6. The van der Waals surface area contributed by atoms with Crippen LogP contribution in [0.5, 0.6) is 0 Å². The first kappa shape index (κ1) is 18.2. The minimum atomic E-state index is -0.0463. The van der Waals surface area contributed by atoms with E-state index in [2.05, 4.69) is 9.47 Å². The molecular formula is C13H24O6. The number of ether oxygens (including phenoxy) is 2. The van der Waals surface area contributed by atoms with Gasteiger partial charge in [0.05, 0.1) is 13.2 Å². The maximum Gasteiger partial charge on any atom is 0.151 e. The lowest BCUT2D eigenvalue weighted by Crippen LogP contribution is -1.85. The number of epoxide rings is 2. The Hall–Kier alpha value is -0.820. The monoisotopic (exact) mass is 276 g/mol. The van der Waals surface area contributed by atoms with Crippen molar-refractivity contribution in [2.24, 2.45) is 0 Å². The van der Waals surface area contributed by atoms with Crippen molar-refractivity contribution in [2.75, 3.05) is 26.4 Å². The summed E-state index contributed by atoms with van der Waals surface area (Å²) in [7, 11) is 0. The van der Waals surface area contributed by atoms with Crippen LogP contribution < -0.4 is 0 Å². The molecule has 2 aliphatic heterocycles. The smallest absolute Gasteiger partial charge is 0.151 e. The van der Waals surface area contributed by atoms with E-state index in [9.17, 15) is 9.59 Å². The molecule has 19 heavy (non-hydrogen) atoms. The molecule has 0 aromatic heterocycles. The predicted molar refractivity (Wildman–Crippen MR) is 68.9 cm³/mol. The summed E-state index contributed by atoms with van der Waals surface area (Å²) in [5, 5.41) is 16.7. The molecule has 2 unspecified atom stereocenters. The third kappa shape index (κ3) is 17.2. The fraction of sp³-hybridized carbons (Fsp3) is 0.846. The second-order valence-corrected chi connectivity index (χ2v) is 4.23. The van der Waals surface area contributed by atoms with Crippen molar-refractivity contribution in [3.05, 3.63) is 0 Å². The van der Waals surface area contributed by atoms with Crippen LogP contribution in [-0.2, 0) is 19.1 Å². The predicted octanol–water partition coefficient (Wildman–Crippen LogP) is 0.0897. The topological polar surface area (TPSA) is 99.7 Å². The summed E-state index contributed by atoms with van der Waals surface area (Å²) in [5.74, 6) is 0. The zero-order valence-corrected chi connectivity index (χ0v) is 11.2. The van der Waals surface area contributed by atoms with Gasteiger partial charge < -0.3 is 29.3 Å². The van der Waals surface area contributed by atoms with Crippen LogP contribution in [0.3, 0.4) is 0 Å². The summed E-state index contributed by atoms with van der Waals surface area (Å²) >= 11 is 0. The molecule has 0 saturated carbocycles. The molecule has 2 heterocycles. The lowest BCUT2D eigenvalue weighted by molar-refractivity contribution is -0.109. The maximum atomic E-state index is 9.44. The first-order chi connectivity index (χ1) is 9.28. The Balaban J connectivity index is 0.000000273. The van der Waals surface area contributed by atoms with Crippen molar-refractivity contribution < 1.29 is 29.3 Å². The molecular weight excluding hydrogens is 252 g/mol. The standard InChI is InChI=1S/C7H16O2.2C3H4O2/c8-6-4-2-1-3-5-7-9;2*4-1-3-2-5-3/h8-9H,1-7H2;2*1,3H,2H2. The number of rotatable bonds is 8. The lowest BCUT2D eigenvalue weighted by Gasteiger charge is -1.95. The molecule has 6 nitrogen and oxygen atoms in total. The first-order valence-corrected chi connectivity index (χ1v) is 6.64. The van der Waals surface area contributed by atoms with E-state index in [1.165, 1.54) is 0 Å². The average molecular weight is 276 g/mol. The Morgan fingerprint density at radius 1 is 0.789 bits per heavy atom. The largest absolute Gasteiger partial charge is 0.396 e. The number of hydrogen-bond acceptors (Lipinski definition) is 6. The van der Waals surface area contributed by atoms with E-state index in [0.29, 0.717) is 26.4 Å². The number of aldehydes is 2. The molecule has 0 aromatic carbocycles. The van der Waals surface area contributed by atoms with Gasteiger partial charge in [-0.25, -0.2) is 0 Å². The van der Waals surface area contributed by atoms with Crippen LogP contribution in [-0.4, -0.2) is 61.4 Å². The summed E-state index contributed by atoms with van der Waals surface area (Å²) in [6, 6.07) is 0. The average Bonchev–Trinajstić information content (AvgIpc) is 3.34. The summed E-state index contributed by atoms with van der Waals surface area (Å²) in [6.45, 7) is 1.89. The van der Waals surface area contributed by atoms with E-state index in [0.717, 1.165) is 44.7 Å². The second kappa shape index (κ2) is 13.6. The first-order valence-electron chi connectivity index (χ1n) is 6.64. The van der Waals surface area contributed by atoms with Crippen LogP contribution in [0.1, 0.15) is 32.1 Å². The van der Waals surface area contributed by atoms with Gasteiger partial charge in [0.25, 0.3) is 0 Å². The lowest BCUT2D eigenvalue weighted by atomic mass is 10.2. The molecule has 0 radical (unpaired) electrons. The zero-order chi connectivity index (χ0) is 14.3. The van der Waals surface area contributed by atoms with Crippen molar-refractivity contribution in [2.45, 2.75) is 44.3 Å². The third-order valence-electron chi connectivity index (χ3n) is 2.34. The van der Waals surface area contributed by atoms with Gasteiger partial charge in [0.1, 0.15) is 12.2 Å². The van der Waals surface area contributed by atoms with Crippen molar-refractivity contribution in [3.8, 4) is 0 Å². The number of aliphatic hydroxyl groups excluding tert-OH is 2. The normalized spacial score (nSPS) is 22.2. The van der Waals surface area contributed by atoms with Crippen LogP contribution in [0, 0.1) is 0 Å². The van der Waals surface area contributed by atoms with Gasteiger partial charge in [0.2, 0.25) is 0 Å². The Bertz CT molecular complexity index is 191. The minimum Gasteiger partial charge on any atom is -0.396 e. The highest BCUT2D eigenvalue weighted by Gasteiger charge is 2.20. The second-order valence-electron chi connectivity index (χ2n) is 4.23. The molecule has 2 fully saturated rings. The molecule has 0 amide bonds. The summed E-state index contributed by atoms with van der Waals surface area (Å²) in [4.78, 5) is 18.9. The van der Waals surface area contributed by atoms with Crippen molar-refractivity contribution >= 4 is 12.6 Å². The zero-order valence-electron chi connectivity index (χ0n) is 11.2. The highest BCUT2D eigenvalue weighted by Crippen LogP contribution is 2.02. The third-order valence-corrected chi connectivity index (χ3v) is 2.34. The molecule has 2 N–H and O–H groups in total. The summed E-state index contributed by atoms with van der Waals surface area (Å²) in [5.41, 5.74) is 0. The van der Waals surface area contributed by atoms with Crippen molar-refractivity contribution in [3.63, 3.8) is 0 Å². The molecule has 2 atom stereocenters. The fourth-order valence-corrected chi connectivity index (χ4v) is 1.02. The van der Waals surface area contributed by atoms with Gasteiger partial charge in [-0.05, 0) is 12.8 Å². The fourth-order valence-electron chi connectivity index (χ4n) is 1.02. The van der Waals surface area contributed by atoms with E-state index in [1.807, 2.05) is 0 Å². The molecule has 0 aliphatic carbocycles. The Morgan fingerprint density at radius 2 is 1.11 bits per heavy atom. The van der Waals surface area contributed by atoms with Crippen LogP contribution in [0.25, 0.3) is 0 Å². The van der Waals surface area contributed by atoms with Crippen LogP contribution in [0.4, 0.5) is 0 Å². The number of aliphatic hydroxyl groups is 2. The summed E-state index contributed by atoms with van der Waals surface area (Å²) in [6.07, 6.45) is 6.66. The van der Waals surface area contributed by atoms with Crippen LogP contribution >= 0.6 is 0 Å². The van der Waals surface area contributed by atoms with Gasteiger partial charge in [-0.1, -0.05) is 19.3 Å². The number of hydrogen-bond donors (Lipinski definition) is 2. The molecule has 0 bridgehead atoms. The van der Waals surface area contributed by atoms with E-state index in [-0.39, 0.29) is 12.2 Å². The Labute approximate surface area is 113 Å².